The molecular weight excluding hydrogens is 260 g/mol. The van der Waals surface area contributed by atoms with Crippen molar-refractivity contribution in [1.29, 1.82) is 0 Å². The van der Waals surface area contributed by atoms with Crippen molar-refractivity contribution in [3.63, 3.8) is 0 Å². The van der Waals surface area contributed by atoms with Gasteiger partial charge in [0.2, 0.25) is 0 Å². The first kappa shape index (κ1) is 14.3. The first-order chi connectivity index (χ1) is 9.38. The van der Waals surface area contributed by atoms with E-state index >= 15 is 0 Å². The van der Waals surface area contributed by atoms with Gasteiger partial charge in [-0.2, -0.15) is 0 Å². The van der Waals surface area contributed by atoms with Crippen LogP contribution in [0.4, 0.5) is 14.5 Å². The maximum absolute atomic E-state index is 13.2. The van der Waals surface area contributed by atoms with E-state index in [2.05, 4.69) is 5.32 Å². The Morgan fingerprint density at radius 1 is 1.00 bits per heavy atom. The minimum Gasteiger partial charge on any atom is -0.508 e. The predicted octanol–water partition coefficient (Wildman–Crippen LogP) is 4.46. The van der Waals surface area contributed by atoms with Gasteiger partial charge in [-0.15, -0.1) is 0 Å². The summed E-state index contributed by atoms with van der Waals surface area (Å²) in [5.41, 5.74) is 3.17. The Bertz CT molecular complexity index is 641. The Balaban J connectivity index is 2.25. The molecule has 2 nitrogen and oxygen atoms in total. The van der Waals surface area contributed by atoms with Gasteiger partial charge in [-0.25, -0.2) is 8.78 Å². The molecule has 0 saturated carbocycles. The molecule has 2 rings (SSSR count). The summed E-state index contributed by atoms with van der Waals surface area (Å²) in [6, 6.07) is 7.20. The summed E-state index contributed by atoms with van der Waals surface area (Å²) in [5.74, 6) is -1.46. The standard InChI is InChI=1S/C16H17F2NO/c1-9-7-16(20)10(2)6-15(9)19-11(3)12-4-5-13(17)14(18)8-12/h4-8,11,19-20H,1-3H3. The van der Waals surface area contributed by atoms with Gasteiger partial charge in [-0.3, -0.25) is 0 Å². The molecular formula is C16H17F2NO. The molecule has 0 aliphatic heterocycles. The van der Waals surface area contributed by atoms with Gasteiger partial charge < -0.3 is 10.4 Å². The summed E-state index contributed by atoms with van der Waals surface area (Å²) >= 11 is 0. The lowest BCUT2D eigenvalue weighted by Crippen LogP contribution is -2.08. The van der Waals surface area contributed by atoms with Crippen molar-refractivity contribution in [1.82, 2.24) is 0 Å². The molecule has 0 heterocycles. The molecule has 0 spiro atoms. The summed E-state index contributed by atoms with van der Waals surface area (Å²) in [5, 5.41) is 12.9. The molecule has 2 aromatic rings. The van der Waals surface area contributed by atoms with E-state index in [-0.39, 0.29) is 11.8 Å². The largest absolute Gasteiger partial charge is 0.508 e. The maximum Gasteiger partial charge on any atom is 0.159 e. The molecule has 0 bridgehead atoms. The average Bonchev–Trinajstić information content (AvgIpc) is 2.39. The normalized spacial score (nSPS) is 12.2. The van der Waals surface area contributed by atoms with Crippen LogP contribution >= 0.6 is 0 Å². The number of anilines is 1. The van der Waals surface area contributed by atoms with E-state index < -0.39 is 11.6 Å². The lowest BCUT2D eigenvalue weighted by Gasteiger charge is -2.18. The fraction of sp³-hybridized carbons (Fsp3) is 0.250. The van der Waals surface area contributed by atoms with Crippen LogP contribution in [-0.4, -0.2) is 5.11 Å². The van der Waals surface area contributed by atoms with E-state index in [1.807, 2.05) is 26.8 Å². The van der Waals surface area contributed by atoms with Crippen LogP contribution in [0.15, 0.2) is 30.3 Å². The number of nitrogens with one attached hydrogen (secondary N) is 1. The predicted molar refractivity (Wildman–Crippen MR) is 76.0 cm³/mol. The van der Waals surface area contributed by atoms with Gasteiger partial charge in [0.25, 0.3) is 0 Å². The molecule has 106 valence electrons. The Kier molecular flexibility index (Phi) is 3.93. The van der Waals surface area contributed by atoms with Crippen LogP contribution in [0.2, 0.25) is 0 Å². The van der Waals surface area contributed by atoms with Crippen LogP contribution in [-0.2, 0) is 0 Å². The summed E-state index contributed by atoms with van der Waals surface area (Å²) in [6.07, 6.45) is 0. The summed E-state index contributed by atoms with van der Waals surface area (Å²) in [7, 11) is 0. The van der Waals surface area contributed by atoms with Gasteiger partial charge in [-0.05, 0) is 61.7 Å². The molecule has 0 aromatic heterocycles. The Labute approximate surface area is 117 Å². The Morgan fingerprint density at radius 3 is 2.35 bits per heavy atom. The maximum atomic E-state index is 13.2. The lowest BCUT2D eigenvalue weighted by atomic mass is 10.1. The molecule has 1 atom stereocenters. The fourth-order valence-electron chi connectivity index (χ4n) is 2.05. The number of halogens is 2. The average molecular weight is 277 g/mol. The highest BCUT2D eigenvalue weighted by Crippen LogP contribution is 2.28. The summed E-state index contributed by atoms with van der Waals surface area (Å²) in [4.78, 5) is 0. The first-order valence-corrected chi connectivity index (χ1v) is 6.40. The number of aryl methyl sites for hydroxylation is 2. The molecule has 0 saturated heterocycles. The zero-order valence-corrected chi connectivity index (χ0v) is 11.7. The smallest absolute Gasteiger partial charge is 0.159 e. The van der Waals surface area contributed by atoms with Crippen molar-refractivity contribution in [3.05, 3.63) is 58.7 Å². The van der Waals surface area contributed by atoms with Crippen LogP contribution in [0.5, 0.6) is 5.75 Å². The quantitative estimate of drug-likeness (QED) is 0.812. The van der Waals surface area contributed by atoms with Crippen molar-refractivity contribution in [3.8, 4) is 5.75 Å². The van der Waals surface area contributed by atoms with Gasteiger partial charge in [0.05, 0.1) is 0 Å². The molecule has 4 heteroatoms. The van der Waals surface area contributed by atoms with E-state index in [1.165, 1.54) is 6.07 Å². The number of phenols is 1. The van der Waals surface area contributed by atoms with Crippen LogP contribution in [0.1, 0.15) is 29.7 Å². The minimum absolute atomic E-state index is 0.173. The van der Waals surface area contributed by atoms with Gasteiger partial charge >= 0.3 is 0 Å². The third kappa shape index (κ3) is 2.90. The molecule has 0 amide bonds. The highest BCUT2D eigenvalue weighted by molar-refractivity contribution is 5.57. The van der Waals surface area contributed by atoms with Crippen LogP contribution in [0.3, 0.4) is 0 Å². The molecule has 2 aromatic carbocycles. The molecule has 0 radical (unpaired) electrons. The van der Waals surface area contributed by atoms with Gasteiger partial charge in [0.15, 0.2) is 11.6 Å². The monoisotopic (exact) mass is 277 g/mol. The zero-order valence-electron chi connectivity index (χ0n) is 11.7. The van der Waals surface area contributed by atoms with Crippen LogP contribution < -0.4 is 5.32 Å². The van der Waals surface area contributed by atoms with Crippen molar-refractivity contribution in [2.24, 2.45) is 0 Å². The fourth-order valence-corrected chi connectivity index (χ4v) is 2.05. The third-order valence-electron chi connectivity index (χ3n) is 3.36. The van der Waals surface area contributed by atoms with Gasteiger partial charge in [0, 0.05) is 11.7 Å². The second-order valence-corrected chi connectivity index (χ2v) is 4.99. The number of hydrogen-bond acceptors (Lipinski definition) is 2. The number of phenolic OH excluding ortho intramolecular Hbond substituents is 1. The second-order valence-electron chi connectivity index (χ2n) is 4.99. The van der Waals surface area contributed by atoms with Crippen molar-refractivity contribution in [2.45, 2.75) is 26.8 Å². The molecule has 0 fully saturated rings. The van der Waals surface area contributed by atoms with E-state index in [0.29, 0.717) is 5.56 Å². The SMILES string of the molecule is Cc1cc(NC(C)c2ccc(F)c(F)c2)c(C)cc1O. The van der Waals surface area contributed by atoms with Gasteiger partial charge in [0.1, 0.15) is 5.75 Å². The van der Waals surface area contributed by atoms with E-state index in [0.717, 1.165) is 22.9 Å². The molecule has 1 unspecified atom stereocenters. The summed E-state index contributed by atoms with van der Waals surface area (Å²) in [6.45, 7) is 5.55. The van der Waals surface area contributed by atoms with E-state index in [4.69, 9.17) is 0 Å². The van der Waals surface area contributed by atoms with Crippen LogP contribution in [0, 0.1) is 25.5 Å². The van der Waals surface area contributed by atoms with E-state index in [9.17, 15) is 13.9 Å². The number of hydrogen-bond donors (Lipinski definition) is 2. The van der Waals surface area contributed by atoms with Crippen LogP contribution in [0.25, 0.3) is 0 Å². The minimum atomic E-state index is -0.852. The number of rotatable bonds is 3. The summed E-state index contributed by atoms with van der Waals surface area (Å²) < 4.78 is 26.2. The molecule has 2 N–H and O–H groups in total. The zero-order chi connectivity index (χ0) is 14.9. The number of aromatic hydroxyl groups is 1. The molecule has 20 heavy (non-hydrogen) atoms. The molecule has 0 aliphatic rings. The Morgan fingerprint density at radius 2 is 1.70 bits per heavy atom. The second kappa shape index (κ2) is 5.49. The van der Waals surface area contributed by atoms with Crippen molar-refractivity contribution in [2.75, 3.05) is 5.32 Å². The first-order valence-electron chi connectivity index (χ1n) is 6.40. The highest BCUT2D eigenvalue weighted by atomic mass is 19.2. The van der Waals surface area contributed by atoms with E-state index in [1.54, 1.807) is 12.1 Å². The Hall–Kier alpha value is -2.10. The van der Waals surface area contributed by atoms with Crippen molar-refractivity contribution >= 4 is 5.69 Å². The lowest BCUT2D eigenvalue weighted by molar-refractivity contribution is 0.470. The van der Waals surface area contributed by atoms with Crippen molar-refractivity contribution < 1.29 is 13.9 Å². The number of benzene rings is 2. The van der Waals surface area contributed by atoms with Gasteiger partial charge in [-0.1, -0.05) is 6.07 Å². The topological polar surface area (TPSA) is 32.3 Å². The highest BCUT2D eigenvalue weighted by Gasteiger charge is 2.11. The third-order valence-corrected chi connectivity index (χ3v) is 3.36. The molecule has 0 aliphatic carbocycles.